The molecule has 3 heteroatoms. The summed E-state index contributed by atoms with van der Waals surface area (Å²) in [4.78, 5) is 4.06. The highest BCUT2D eigenvalue weighted by molar-refractivity contribution is 6.30. The van der Waals surface area contributed by atoms with Crippen molar-refractivity contribution < 1.29 is 4.74 Å². The van der Waals surface area contributed by atoms with Crippen molar-refractivity contribution in [1.82, 2.24) is 4.98 Å². The van der Waals surface area contributed by atoms with E-state index in [9.17, 15) is 0 Å². The molecule has 1 aliphatic rings. The number of ether oxygens (including phenoxy) is 1. The number of hydrogen-bond donors (Lipinski definition) is 0. The van der Waals surface area contributed by atoms with Gasteiger partial charge in [-0.15, -0.1) is 0 Å². The zero-order chi connectivity index (χ0) is 12.1. The molecule has 0 N–H and O–H groups in total. The smallest absolute Gasteiger partial charge is 0.134 e. The summed E-state index contributed by atoms with van der Waals surface area (Å²) in [5.41, 5.74) is 0.993. The van der Waals surface area contributed by atoms with Crippen LogP contribution in [0.15, 0.2) is 18.3 Å². The summed E-state index contributed by atoms with van der Waals surface area (Å²) in [6.45, 7) is 2.86. The minimum absolute atomic E-state index is 0.407. The van der Waals surface area contributed by atoms with E-state index in [1.807, 2.05) is 12.1 Å². The first-order chi connectivity index (χ1) is 8.29. The highest BCUT2D eigenvalue weighted by Crippen LogP contribution is 2.29. The zero-order valence-corrected chi connectivity index (χ0v) is 11.1. The number of aromatic nitrogens is 1. The van der Waals surface area contributed by atoms with E-state index in [0.29, 0.717) is 17.9 Å². The van der Waals surface area contributed by atoms with Crippen molar-refractivity contribution >= 4 is 11.6 Å². The van der Waals surface area contributed by atoms with E-state index >= 15 is 0 Å². The average Bonchev–Trinajstić information content (AvgIpc) is 2.38. The molecule has 2 unspecified atom stereocenters. The molecule has 1 heterocycles. The predicted molar refractivity (Wildman–Crippen MR) is 70.1 cm³/mol. The van der Waals surface area contributed by atoms with E-state index in [-0.39, 0.29) is 0 Å². The largest absolute Gasteiger partial charge is 0.373 e. The molecular formula is C14H20ClNO. The van der Waals surface area contributed by atoms with Crippen LogP contribution in [0.2, 0.25) is 5.15 Å². The molecule has 2 atom stereocenters. The van der Waals surface area contributed by atoms with E-state index in [2.05, 4.69) is 11.9 Å². The molecule has 1 saturated carbocycles. The van der Waals surface area contributed by atoms with Crippen molar-refractivity contribution in [3.05, 3.63) is 29.0 Å². The van der Waals surface area contributed by atoms with E-state index in [4.69, 9.17) is 16.3 Å². The van der Waals surface area contributed by atoms with Crippen LogP contribution in [0.3, 0.4) is 0 Å². The number of pyridine rings is 1. The lowest BCUT2D eigenvalue weighted by atomic mass is 9.85. The first-order valence-electron chi connectivity index (χ1n) is 6.50. The van der Waals surface area contributed by atoms with Gasteiger partial charge in [0.15, 0.2) is 0 Å². The van der Waals surface area contributed by atoms with Crippen molar-refractivity contribution in [3.8, 4) is 0 Å². The molecule has 1 fully saturated rings. The molecule has 1 aromatic rings. The predicted octanol–water partition coefficient (Wildman–Crippen LogP) is 4.22. The first kappa shape index (κ1) is 12.8. The lowest BCUT2D eigenvalue weighted by Crippen LogP contribution is -2.22. The second-order valence-corrected chi connectivity index (χ2v) is 5.19. The Balaban J connectivity index is 1.84. The van der Waals surface area contributed by atoms with Gasteiger partial charge in [-0.25, -0.2) is 4.98 Å². The minimum atomic E-state index is 0.407. The number of nitrogens with zero attached hydrogens (tertiary/aromatic N) is 1. The summed E-state index contributed by atoms with van der Waals surface area (Å²) >= 11 is 6.01. The van der Waals surface area contributed by atoms with Gasteiger partial charge in [0.2, 0.25) is 0 Å². The Hall–Kier alpha value is -0.600. The molecule has 0 radical (unpaired) electrons. The van der Waals surface area contributed by atoms with Gasteiger partial charge in [0.25, 0.3) is 0 Å². The van der Waals surface area contributed by atoms with E-state index < -0.39 is 0 Å². The highest BCUT2D eigenvalue weighted by Gasteiger charge is 2.21. The number of rotatable bonds is 4. The van der Waals surface area contributed by atoms with E-state index in [0.717, 1.165) is 11.5 Å². The first-order valence-corrected chi connectivity index (χ1v) is 6.88. The topological polar surface area (TPSA) is 22.1 Å². The molecule has 0 bridgehead atoms. The number of hydrogen-bond acceptors (Lipinski definition) is 2. The van der Waals surface area contributed by atoms with Crippen molar-refractivity contribution in [2.45, 2.75) is 51.7 Å². The average molecular weight is 254 g/mol. The minimum Gasteiger partial charge on any atom is -0.373 e. The summed E-state index contributed by atoms with van der Waals surface area (Å²) in [5.74, 6) is 0.845. The van der Waals surface area contributed by atoms with Gasteiger partial charge in [0.1, 0.15) is 5.15 Å². The van der Waals surface area contributed by atoms with Gasteiger partial charge in [0, 0.05) is 11.8 Å². The quantitative estimate of drug-likeness (QED) is 0.750. The monoisotopic (exact) mass is 253 g/mol. The molecule has 0 spiro atoms. The van der Waals surface area contributed by atoms with Crippen LogP contribution in [-0.4, -0.2) is 11.1 Å². The standard InChI is InChI=1S/C14H20ClNO/c1-2-11-5-3-7-13(9-11)17-10-12-6-4-8-16-14(12)15/h4,6,8,11,13H,2-3,5,7,9-10H2,1H3. The SMILES string of the molecule is CCC1CCCC(OCc2cccnc2Cl)C1. The lowest BCUT2D eigenvalue weighted by Gasteiger charge is -2.28. The lowest BCUT2D eigenvalue weighted by molar-refractivity contribution is 0.00170. The zero-order valence-electron chi connectivity index (χ0n) is 10.4. The summed E-state index contributed by atoms with van der Waals surface area (Å²) in [6, 6.07) is 3.88. The summed E-state index contributed by atoms with van der Waals surface area (Å²) in [5, 5.41) is 0.565. The third-order valence-electron chi connectivity index (χ3n) is 3.62. The Labute approximate surface area is 108 Å². The van der Waals surface area contributed by atoms with Crippen LogP contribution < -0.4 is 0 Å². The maximum Gasteiger partial charge on any atom is 0.134 e. The Kier molecular flexibility index (Phi) is 4.81. The fraction of sp³-hybridized carbons (Fsp3) is 0.643. The summed E-state index contributed by atoms with van der Waals surface area (Å²) in [7, 11) is 0. The van der Waals surface area contributed by atoms with Gasteiger partial charge in [-0.2, -0.15) is 0 Å². The van der Waals surface area contributed by atoms with Crippen LogP contribution in [-0.2, 0) is 11.3 Å². The molecule has 0 saturated heterocycles. The normalized spacial score (nSPS) is 24.8. The Bertz CT molecular complexity index is 356. The third kappa shape index (κ3) is 3.68. The van der Waals surface area contributed by atoms with Gasteiger partial charge in [-0.05, 0) is 24.8 Å². The van der Waals surface area contributed by atoms with Crippen LogP contribution in [0.1, 0.15) is 44.6 Å². The molecule has 94 valence electrons. The molecular weight excluding hydrogens is 234 g/mol. The number of halogens is 1. The van der Waals surface area contributed by atoms with Gasteiger partial charge in [0.05, 0.1) is 12.7 Å². The third-order valence-corrected chi connectivity index (χ3v) is 3.96. The van der Waals surface area contributed by atoms with Crippen molar-refractivity contribution in [3.63, 3.8) is 0 Å². The van der Waals surface area contributed by atoms with Crippen LogP contribution >= 0.6 is 11.6 Å². The second kappa shape index (κ2) is 6.36. The van der Waals surface area contributed by atoms with Gasteiger partial charge >= 0.3 is 0 Å². The summed E-state index contributed by atoms with van der Waals surface area (Å²) < 4.78 is 5.96. The molecule has 1 aromatic heterocycles. The van der Waals surface area contributed by atoms with Crippen molar-refractivity contribution in [2.75, 3.05) is 0 Å². The van der Waals surface area contributed by atoms with Gasteiger partial charge < -0.3 is 4.74 Å². The summed E-state index contributed by atoms with van der Waals surface area (Å²) in [6.07, 6.45) is 8.44. The van der Waals surface area contributed by atoms with E-state index in [1.165, 1.54) is 32.1 Å². The van der Waals surface area contributed by atoms with Gasteiger partial charge in [-0.1, -0.05) is 43.9 Å². The van der Waals surface area contributed by atoms with E-state index in [1.54, 1.807) is 6.20 Å². The molecule has 17 heavy (non-hydrogen) atoms. The van der Waals surface area contributed by atoms with Crippen LogP contribution in [0, 0.1) is 5.92 Å². The van der Waals surface area contributed by atoms with Crippen LogP contribution in [0.4, 0.5) is 0 Å². The Morgan fingerprint density at radius 3 is 3.12 bits per heavy atom. The fourth-order valence-corrected chi connectivity index (χ4v) is 2.67. The molecule has 0 aliphatic heterocycles. The second-order valence-electron chi connectivity index (χ2n) is 4.83. The fourth-order valence-electron chi connectivity index (χ4n) is 2.50. The van der Waals surface area contributed by atoms with Crippen LogP contribution in [0.5, 0.6) is 0 Å². The Morgan fingerprint density at radius 1 is 1.47 bits per heavy atom. The molecule has 0 amide bonds. The van der Waals surface area contributed by atoms with Gasteiger partial charge in [-0.3, -0.25) is 0 Å². The van der Waals surface area contributed by atoms with Crippen LogP contribution in [0.25, 0.3) is 0 Å². The highest BCUT2D eigenvalue weighted by atomic mass is 35.5. The maximum absolute atomic E-state index is 6.01. The van der Waals surface area contributed by atoms with Crippen molar-refractivity contribution in [1.29, 1.82) is 0 Å². The Morgan fingerprint density at radius 2 is 2.35 bits per heavy atom. The van der Waals surface area contributed by atoms with Crippen molar-refractivity contribution in [2.24, 2.45) is 5.92 Å². The molecule has 2 rings (SSSR count). The molecule has 2 nitrogen and oxygen atoms in total. The molecule has 0 aromatic carbocycles. The molecule has 1 aliphatic carbocycles. The maximum atomic E-state index is 6.01.